The predicted molar refractivity (Wildman–Crippen MR) is 182 cm³/mol. The molecule has 244 valence electrons. The number of amides is 2. The number of hydrogen-bond donors (Lipinski definition) is 2. The molecule has 13 heteroatoms. The zero-order chi connectivity index (χ0) is 34.7. The molecule has 0 fully saturated rings. The van der Waals surface area contributed by atoms with Crippen LogP contribution in [0.1, 0.15) is 47.1 Å². The summed E-state index contributed by atoms with van der Waals surface area (Å²) in [7, 11) is 0. The molecular formula is C34H37BrN8O4. The van der Waals surface area contributed by atoms with Crippen molar-refractivity contribution >= 4 is 28.1 Å². The highest BCUT2D eigenvalue weighted by molar-refractivity contribution is 9.10. The molecule has 2 amide bonds. The SMILES string of the molecule is Brc1cnccc1-c1cncnc1.C#CCNC(=O)OC(C)(C)C.CC(C)(C)OC(=O)NCC#Cc1cnccc1-c1cncnc1. The van der Waals surface area contributed by atoms with Crippen molar-refractivity contribution in [2.75, 3.05) is 13.1 Å². The first-order valence-corrected chi connectivity index (χ1v) is 15.0. The number of carbonyl (C=O) groups excluding carboxylic acids is 2. The third-order valence-corrected chi connectivity index (χ3v) is 5.65. The van der Waals surface area contributed by atoms with Gasteiger partial charge in [-0.15, -0.1) is 6.42 Å². The highest BCUT2D eigenvalue weighted by atomic mass is 79.9. The summed E-state index contributed by atoms with van der Waals surface area (Å²) in [6.07, 6.45) is 20.8. The van der Waals surface area contributed by atoms with Gasteiger partial charge in [-0.25, -0.2) is 29.5 Å². The van der Waals surface area contributed by atoms with Crippen LogP contribution in [0.4, 0.5) is 9.59 Å². The number of carbonyl (C=O) groups is 2. The lowest BCUT2D eigenvalue weighted by Gasteiger charge is -2.19. The Labute approximate surface area is 283 Å². The minimum Gasteiger partial charge on any atom is -0.444 e. The van der Waals surface area contributed by atoms with Gasteiger partial charge >= 0.3 is 12.2 Å². The van der Waals surface area contributed by atoms with E-state index < -0.39 is 23.4 Å². The molecule has 47 heavy (non-hydrogen) atoms. The van der Waals surface area contributed by atoms with Crippen LogP contribution in [-0.4, -0.2) is 66.4 Å². The third kappa shape index (κ3) is 15.9. The largest absolute Gasteiger partial charge is 0.444 e. The van der Waals surface area contributed by atoms with Gasteiger partial charge in [0.25, 0.3) is 0 Å². The van der Waals surface area contributed by atoms with Gasteiger partial charge in [-0.05, 0) is 69.6 Å². The van der Waals surface area contributed by atoms with E-state index in [0.29, 0.717) is 0 Å². The average Bonchev–Trinajstić information content (AvgIpc) is 3.02. The molecule has 0 aliphatic heterocycles. The fourth-order valence-electron chi connectivity index (χ4n) is 3.24. The summed E-state index contributed by atoms with van der Waals surface area (Å²) in [5.41, 5.74) is 3.55. The fraction of sp³-hybridized carbons (Fsp3) is 0.294. The Bertz CT molecular complexity index is 1670. The first-order chi connectivity index (χ1) is 22.3. The van der Waals surface area contributed by atoms with Crippen LogP contribution in [0.5, 0.6) is 0 Å². The van der Waals surface area contributed by atoms with E-state index in [-0.39, 0.29) is 13.1 Å². The summed E-state index contributed by atoms with van der Waals surface area (Å²) in [5.74, 6) is 8.15. The van der Waals surface area contributed by atoms with E-state index in [1.807, 2.05) is 32.9 Å². The minimum absolute atomic E-state index is 0.189. The van der Waals surface area contributed by atoms with Crippen molar-refractivity contribution in [1.82, 2.24) is 40.5 Å². The van der Waals surface area contributed by atoms with Crippen molar-refractivity contribution in [2.45, 2.75) is 52.7 Å². The first kappa shape index (κ1) is 37.8. The summed E-state index contributed by atoms with van der Waals surface area (Å²) in [4.78, 5) is 46.3. The smallest absolute Gasteiger partial charge is 0.408 e. The number of aromatic nitrogens is 6. The molecule has 4 heterocycles. The Balaban J connectivity index is 0.000000270. The number of nitrogens with zero attached hydrogens (tertiary/aromatic N) is 6. The van der Waals surface area contributed by atoms with Gasteiger partial charge in [-0.2, -0.15) is 0 Å². The van der Waals surface area contributed by atoms with Crippen molar-refractivity contribution in [2.24, 2.45) is 0 Å². The quantitative estimate of drug-likeness (QED) is 0.247. The third-order valence-electron chi connectivity index (χ3n) is 5.01. The number of nitrogens with one attached hydrogen (secondary N) is 2. The van der Waals surface area contributed by atoms with Crippen LogP contribution in [-0.2, 0) is 9.47 Å². The number of alkyl carbamates (subject to hydrolysis) is 2. The summed E-state index contributed by atoms with van der Waals surface area (Å²) in [5, 5.41) is 4.98. The molecule has 0 aromatic carbocycles. The summed E-state index contributed by atoms with van der Waals surface area (Å²) in [6, 6.07) is 3.77. The number of pyridine rings is 2. The number of hydrogen-bond acceptors (Lipinski definition) is 10. The van der Waals surface area contributed by atoms with Gasteiger partial charge in [0, 0.05) is 76.3 Å². The second kappa shape index (κ2) is 19.2. The Hall–Kier alpha value is -5.40. The van der Waals surface area contributed by atoms with Gasteiger partial charge in [0.1, 0.15) is 23.9 Å². The van der Waals surface area contributed by atoms with Gasteiger partial charge in [-0.1, -0.05) is 17.8 Å². The van der Waals surface area contributed by atoms with Gasteiger partial charge < -0.3 is 20.1 Å². The van der Waals surface area contributed by atoms with Crippen molar-refractivity contribution in [3.8, 4) is 46.4 Å². The van der Waals surface area contributed by atoms with Crippen LogP contribution in [0.25, 0.3) is 22.3 Å². The normalized spacial score (nSPS) is 10.2. The van der Waals surface area contributed by atoms with Crippen molar-refractivity contribution < 1.29 is 19.1 Å². The molecule has 12 nitrogen and oxygen atoms in total. The van der Waals surface area contributed by atoms with Gasteiger partial charge in [0.2, 0.25) is 0 Å². The molecule has 0 aliphatic rings. The molecular weight excluding hydrogens is 664 g/mol. The van der Waals surface area contributed by atoms with Crippen molar-refractivity contribution in [3.63, 3.8) is 0 Å². The van der Waals surface area contributed by atoms with Crippen LogP contribution >= 0.6 is 15.9 Å². The standard InChI is InChI=1S/C17H18N4O2.C9H6BrN3.C8H13NO2/c1-17(2,3)23-16(22)21-7-4-5-13-9-18-8-6-15(13)14-10-19-12-20-11-14;10-9-5-11-2-1-8(9)7-3-12-6-13-4-7;1-5-6-9-7(10)11-8(2,3)4/h6,8-12H,7H2,1-3H3,(H,21,22);1-6H;1H,6H2,2-4H3,(H,9,10). The Kier molecular flexibility index (Phi) is 15.4. The average molecular weight is 702 g/mol. The number of terminal acetylenes is 1. The highest BCUT2D eigenvalue weighted by Crippen LogP contribution is 2.25. The van der Waals surface area contributed by atoms with Gasteiger partial charge in [-0.3, -0.25) is 9.97 Å². The molecule has 0 aliphatic carbocycles. The lowest BCUT2D eigenvalue weighted by molar-refractivity contribution is 0.0523. The van der Waals surface area contributed by atoms with E-state index in [1.165, 1.54) is 12.7 Å². The number of ether oxygens (including phenoxy) is 2. The first-order valence-electron chi connectivity index (χ1n) is 14.2. The molecule has 0 saturated carbocycles. The molecule has 0 radical (unpaired) electrons. The molecule has 0 saturated heterocycles. The topological polar surface area (TPSA) is 154 Å². The zero-order valence-electron chi connectivity index (χ0n) is 27.1. The molecule has 0 spiro atoms. The van der Waals surface area contributed by atoms with E-state index in [1.54, 1.807) is 70.3 Å². The van der Waals surface area contributed by atoms with E-state index in [0.717, 1.165) is 32.3 Å². The molecule has 4 rings (SSSR count). The van der Waals surface area contributed by atoms with Gasteiger partial charge in [0.05, 0.1) is 18.7 Å². The molecule has 0 bridgehead atoms. The van der Waals surface area contributed by atoms with Gasteiger partial charge in [0.15, 0.2) is 0 Å². The number of rotatable bonds is 4. The maximum absolute atomic E-state index is 11.5. The molecule has 0 atom stereocenters. The Morgan fingerprint density at radius 1 is 0.723 bits per heavy atom. The lowest BCUT2D eigenvalue weighted by Crippen LogP contribution is -2.32. The molecule has 2 N–H and O–H groups in total. The van der Waals surface area contributed by atoms with E-state index >= 15 is 0 Å². The van der Waals surface area contributed by atoms with E-state index in [4.69, 9.17) is 15.9 Å². The number of halogens is 1. The maximum atomic E-state index is 11.5. The summed E-state index contributed by atoms with van der Waals surface area (Å²) >= 11 is 3.41. The fourth-order valence-corrected chi connectivity index (χ4v) is 3.72. The molecule has 4 aromatic rings. The highest BCUT2D eigenvalue weighted by Gasteiger charge is 2.16. The van der Waals surface area contributed by atoms with Crippen LogP contribution in [0.2, 0.25) is 0 Å². The zero-order valence-corrected chi connectivity index (χ0v) is 28.7. The molecule has 0 unspecified atom stereocenters. The van der Waals surface area contributed by atoms with Crippen LogP contribution in [0.3, 0.4) is 0 Å². The van der Waals surface area contributed by atoms with Crippen molar-refractivity contribution in [3.05, 3.63) is 84.4 Å². The van der Waals surface area contributed by atoms with Crippen LogP contribution in [0.15, 0.2) is 78.8 Å². The van der Waals surface area contributed by atoms with E-state index in [2.05, 4.69) is 74.2 Å². The second-order valence-corrected chi connectivity index (χ2v) is 12.1. The predicted octanol–water partition coefficient (Wildman–Crippen LogP) is 5.86. The Morgan fingerprint density at radius 3 is 1.68 bits per heavy atom. The van der Waals surface area contributed by atoms with Crippen LogP contribution < -0.4 is 10.6 Å². The summed E-state index contributed by atoms with van der Waals surface area (Å²) < 4.78 is 11.0. The molecule has 4 aromatic heterocycles. The van der Waals surface area contributed by atoms with E-state index in [9.17, 15) is 9.59 Å². The second-order valence-electron chi connectivity index (χ2n) is 11.2. The monoisotopic (exact) mass is 700 g/mol. The summed E-state index contributed by atoms with van der Waals surface area (Å²) in [6.45, 7) is 11.2. The minimum atomic E-state index is -0.526. The maximum Gasteiger partial charge on any atom is 0.408 e. The van der Waals surface area contributed by atoms with Crippen LogP contribution in [0, 0.1) is 24.2 Å². The van der Waals surface area contributed by atoms with Crippen molar-refractivity contribution in [1.29, 1.82) is 0 Å². The lowest BCUT2D eigenvalue weighted by atomic mass is 10.1. The Morgan fingerprint density at radius 2 is 1.19 bits per heavy atom.